The first-order valence-corrected chi connectivity index (χ1v) is 11.3. The number of carbonyl (C=O) groups excluding carboxylic acids is 1. The third-order valence-electron chi connectivity index (χ3n) is 5.86. The van der Waals surface area contributed by atoms with Crippen LogP contribution in [0.25, 0.3) is 34.3 Å². The number of nitrogens with zero attached hydrogens (tertiary/aromatic N) is 3. The fourth-order valence-corrected chi connectivity index (χ4v) is 4.25. The van der Waals surface area contributed by atoms with Gasteiger partial charge in [0, 0.05) is 17.5 Å². The molecule has 1 fully saturated rings. The number of para-hydroxylation sites is 2. The number of aliphatic hydroxyl groups excluding tert-OH is 1. The van der Waals surface area contributed by atoms with Crippen molar-refractivity contribution in [2.75, 3.05) is 0 Å². The Morgan fingerprint density at radius 1 is 1.21 bits per heavy atom. The van der Waals surface area contributed by atoms with Crippen molar-refractivity contribution in [3.05, 3.63) is 71.7 Å². The minimum absolute atomic E-state index is 0.00635. The van der Waals surface area contributed by atoms with Crippen molar-refractivity contribution >= 4 is 23.1 Å². The van der Waals surface area contributed by atoms with Gasteiger partial charge in [0.1, 0.15) is 11.9 Å². The Balaban J connectivity index is 1.68. The second-order valence-corrected chi connectivity index (χ2v) is 8.78. The Morgan fingerprint density at radius 2 is 1.97 bits per heavy atom. The molecule has 0 radical (unpaired) electrons. The van der Waals surface area contributed by atoms with E-state index in [9.17, 15) is 14.3 Å². The molecule has 34 heavy (non-hydrogen) atoms. The lowest BCUT2D eigenvalue weighted by Gasteiger charge is -2.23. The zero-order valence-electron chi connectivity index (χ0n) is 18.9. The minimum atomic E-state index is -0.727. The first-order valence-electron chi connectivity index (χ1n) is 11.3. The number of hydrogen-bond acceptors (Lipinski definition) is 5. The minimum Gasteiger partial charge on any atom is -0.458 e. The molecule has 0 saturated carbocycles. The highest BCUT2D eigenvalue weighted by molar-refractivity contribution is 5.79. The molecule has 1 saturated heterocycles. The summed E-state index contributed by atoms with van der Waals surface area (Å²) < 4.78 is 20.9. The summed E-state index contributed by atoms with van der Waals surface area (Å²) in [6.07, 6.45) is 2.73. The molecular formula is C26H25FN4O3. The van der Waals surface area contributed by atoms with Gasteiger partial charge in [0.2, 0.25) is 5.95 Å². The normalized spacial score (nSPS) is 18.8. The number of cyclic esters (lactones) is 1. The summed E-state index contributed by atoms with van der Waals surface area (Å²) in [7, 11) is 0. The van der Waals surface area contributed by atoms with Gasteiger partial charge in [-0.15, -0.1) is 0 Å². The number of rotatable bonds is 5. The fraction of sp³-hybridized carbons (Fsp3) is 0.269. The summed E-state index contributed by atoms with van der Waals surface area (Å²) in [5, 5.41) is 14.9. The SMILES string of the molecule is CC(C)c1nn(-c2nc3ccccc3[nH]2)c(-c2ccc(F)cc2)c1/C=C/[C@H]1C[C@H](O)CC(=O)O1. The summed E-state index contributed by atoms with van der Waals surface area (Å²) in [6.45, 7) is 4.09. The fourth-order valence-electron chi connectivity index (χ4n) is 4.25. The average Bonchev–Trinajstić information content (AvgIpc) is 3.39. The average molecular weight is 461 g/mol. The predicted octanol–water partition coefficient (Wildman–Crippen LogP) is 4.76. The highest BCUT2D eigenvalue weighted by atomic mass is 19.1. The lowest BCUT2D eigenvalue weighted by Crippen LogP contribution is -2.31. The summed E-state index contributed by atoms with van der Waals surface area (Å²) in [6, 6.07) is 13.9. The maximum atomic E-state index is 13.7. The predicted molar refractivity (Wildman–Crippen MR) is 127 cm³/mol. The van der Waals surface area contributed by atoms with E-state index in [4.69, 9.17) is 14.8 Å². The number of carbonyl (C=O) groups is 1. The Hall–Kier alpha value is -3.78. The van der Waals surface area contributed by atoms with Gasteiger partial charge in [-0.2, -0.15) is 9.78 Å². The van der Waals surface area contributed by atoms with Crippen molar-refractivity contribution in [1.82, 2.24) is 19.7 Å². The van der Waals surface area contributed by atoms with E-state index in [0.717, 1.165) is 33.5 Å². The van der Waals surface area contributed by atoms with Crippen molar-refractivity contribution in [1.29, 1.82) is 0 Å². The van der Waals surface area contributed by atoms with Crippen molar-refractivity contribution in [2.24, 2.45) is 0 Å². The molecule has 2 aromatic carbocycles. The zero-order valence-corrected chi connectivity index (χ0v) is 18.9. The molecule has 8 heteroatoms. The molecule has 0 aliphatic carbocycles. The van der Waals surface area contributed by atoms with E-state index < -0.39 is 18.2 Å². The van der Waals surface area contributed by atoms with Crippen molar-refractivity contribution in [3.8, 4) is 17.2 Å². The van der Waals surface area contributed by atoms with Gasteiger partial charge in [0.25, 0.3) is 0 Å². The monoisotopic (exact) mass is 460 g/mol. The number of aromatic nitrogens is 4. The molecule has 0 spiro atoms. The van der Waals surface area contributed by atoms with Crippen LogP contribution in [0, 0.1) is 5.82 Å². The van der Waals surface area contributed by atoms with Crippen LogP contribution < -0.4 is 0 Å². The van der Waals surface area contributed by atoms with E-state index in [1.54, 1.807) is 22.9 Å². The smallest absolute Gasteiger partial charge is 0.309 e. The Kier molecular flexibility index (Phi) is 5.75. The van der Waals surface area contributed by atoms with E-state index in [1.165, 1.54) is 12.1 Å². The van der Waals surface area contributed by atoms with Gasteiger partial charge in [-0.05, 0) is 48.4 Å². The quantitative estimate of drug-likeness (QED) is 0.419. The van der Waals surface area contributed by atoms with Crippen molar-refractivity contribution in [2.45, 2.75) is 44.8 Å². The summed E-state index contributed by atoms with van der Waals surface area (Å²) in [5.41, 5.74) is 4.83. The first-order chi connectivity index (χ1) is 16.4. The number of ether oxygens (including phenoxy) is 1. The molecule has 0 bridgehead atoms. The van der Waals surface area contributed by atoms with Crippen LogP contribution in [0.3, 0.4) is 0 Å². The van der Waals surface area contributed by atoms with Gasteiger partial charge in [-0.1, -0.05) is 32.1 Å². The number of aliphatic hydroxyl groups is 1. The molecule has 1 aliphatic heterocycles. The van der Waals surface area contributed by atoms with Gasteiger partial charge >= 0.3 is 5.97 Å². The van der Waals surface area contributed by atoms with Crippen LogP contribution in [0.4, 0.5) is 4.39 Å². The molecule has 0 unspecified atom stereocenters. The number of fused-ring (bicyclic) bond motifs is 1. The Morgan fingerprint density at radius 3 is 2.68 bits per heavy atom. The van der Waals surface area contributed by atoms with E-state index in [1.807, 2.05) is 44.2 Å². The van der Waals surface area contributed by atoms with Crippen LogP contribution >= 0.6 is 0 Å². The summed E-state index contributed by atoms with van der Waals surface area (Å²) >= 11 is 0. The molecule has 2 aromatic heterocycles. The van der Waals surface area contributed by atoms with E-state index in [2.05, 4.69) is 4.98 Å². The Bertz CT molecular complexity index is 1340. The van der Waals surface area contributed by atoms with Gasteiger partial charge in [-0.3, -0.25) is 4.79 Å². The number of halogens is 1. The van der Waals surface area contributed by atoms with Gasteiger partial charge in [0.15, 0.2) is 0 Å². The number of benzene rings is 2. The third-order valence-corrected chi connectivity index (χ3v) is 5.86. The standard InChI is InChI=1S/C26H25FN4O3/c1-15(2)24-20(12-11-19-13-18(32)14-23(33)34-19)25(16-7-9-17(27)10-8-16)31(30-24)26-28-21-5-3-4-6-22(21)29-26/h3-12,15,18-19,32H,13-14H2,1-2H3,(H,28,29)/b12-11+/t18-,19-/m0/s1. The molecule has 3 heterocycles. The van der Waals surface area contributed by atoms with Gasteiger partial charge < -0.3 is 14.8 Å². The highest BCUT2D eigenvalue weighted by Crippen LogP contribution is 2.34. The number of esters is 1. The zero-order chi connectivity index (χ0) is 23.8. The number of aromatic amines is 1. The molecule has 5 rings (SSSR count). The van der Waals surface area contributed by atoms with Crippen molar-refractivity contribution in [3.63, 3.8) is 0 Å². The molecular weight excluding hydrogens is 435 g/mol. The molecule has 4 aromatic rings. The molecule has 174 valence electrons. The maximum Gasteiger partial charge on any atom is 0.309 e. The Labute approximate surface area is 195 Å². The molecule has 2 atom stereocenters. The lowest BCUT2D eigenvalue weighted by atomic mass is 9.98. The largest absolute Gasteiger partial charge is 0.458 e. The molecule has 1 aliphatic rings. The number of nitrogens with one attached hydrogen (secondary N) is 1. The van der Waals surface area contributed by atoms with Crippen molar-refractivity contribution < 1.29 is 19.0 Å². The van der Waals surface area contributed by atoms with E-state index in [-0.39, 0.29) is 18.2 Å². The number of imidazole rings is 1. The third kappa shape index (κ3) is 4.24. The van der Waals surface area contributed by atoms with Gasteiger partial charge in [0.05, 0.1) is 34.9 Å². The number of hydrogen-bond donors (Lipinski definition) is 2. The highest BCUT2D eigenvalue weighted by Gasteiger charge is 2.27. The van der Waals surface area contributed by atoms with E-state index in [0.29, 0.717) is 12.4 Å². The van der Waals surface area contributed by atoms with Crippen LogP contribution in [0.1, 0.15) is 43.9 Å². The van der Waals surface area contributed by atoms with Gasteiger partial charge in [-0.25, -0.2) is 9.37 Å². The maximum absolute atomic E-state index is 13.7. The molecule has 7 nitrogen and oxygen atoms in total. The topological polar surface area (TPSA) is 93.0 Å². The lowest BCUT2D eigenvalue weighted by molar-refractivity contribution is -0.156. The first kappa shape index (κ1) is 22.0. The van der Waals surface area contributed by atoms with Crippen LogP contribution in [-0.2, 0) is 9.53 Å². The second-order valence-electron chi connectivity index (χ2n) is 8.78. The molecule has 2 N–H and O–H groups in total. The summed E-state index contributed by atoms with van der Waals surface area (Å²) in [5.74, 6) is -0.136. The number of H-pyrrole nitrogens is 1. The summed E-state index contributed by atoms with van der Waals surface area (Å²) in [4.78, 5) is 19.8. The second kappa shape index (κ2) is 8.87. The van der Waals surface area contributed by atoms with Crippen LogP contribution in [0.2, 0.25) is 0 Å². The molecule has 0 amide bonds. The van der Waals surface area contributed by atoms with E-state index >= 15 is 0 Å². The van der Waals surface area contributed by atoms with Crippen LogP contribution in [-0.4, -0.2) is 43.0 Å². The van der Waals surface area contributed by atoms with Crippen LogP contribution in [0.5, 0.6) is 0 Å². The van der Waals surface area contributed by atoms with Crippen LogP contribution in [0.15, 0.2) is 54.6 Å².